The van der Waals surface area contributed by atoms with E-state index in [4.69, 9.17) is 4.74 Å². The third-order valence-corrected chi connectivity index (χ3v) is 4.57. The quantitative estimate of drug-likeness (QED) is 0.533. The van der Waals surface area contributed by atoms with Crippen LogP contribution in [-0.2, 0) is 0 Å². The van der Waals surface area contributed by atoms with Crippen LogP contribution in [-0.4, -0.2) is 9.97 Å². The second kappa shape index (κ2) is 6.29. The highest BCUT2D eigenvalue weighted by atomic mass is 32.1. The Morgan fingerprint density at radius 1 is 0.917 bits per heavy atom. The third-order valence-electron chi connectivity index (χ3n) is 3.67. The van der Waals surface area contributed by atoms with Crippen LogP contribution in [0.2, 0.25) is 0 Å². The molecular weight excluding hydrogens is 318 g/mol. The monoisotopic (exact) mass is 333 g/mol. The van der Waals surface area contributed by atoms with Crippen molar-refractivity contribution in [1.29, 1.82) is 0 Å². The lowest BCUT2D eigenvalue weighted by molar-refractivity contribution is 0.483. The zero-order valence-electron chi connectivity index (χ0n) is 13.1. The molecule has 1 N–H and O–H groups in total. The van der Waals surface area contributed by atoms with Crippen molar-refractivity contribution < 1.29 is 4.74 Å². The van der Waals surface area contributed by atoms with Crippen LogP contribution in [0, 0.1) is 6.92 Å². The molecule has 0 spiro atoms. The van der Waals surface area contributed by atoms with E-state index in [0.717, 1.165) is 33.9 Å². The van der Waals surface area contributed by atoms with Crippen molar-refractivity contribution >= 4 is 33.7 Å². The summed E-state index contributed by atoms with van der Waals surface area (Å²) in [7, 11) is 0. The molecule has 0 unspecified atom stereocenters. The summed E-state index contributed by atoms with van der Waals surface area (Å²) >= 11 is 1.68. The number of benzene rings is 2. The molecule has 0 fully saturated rings. The summed E-state index contributed by atoms with van der Waals surface area (Å²) < 4.78 is 5.81. The van der Waals surface area contributed by atoms with E-state index in [2.05, 4.69) is 27.6 Å². The molecule has 0 bridgehead atoms. The Hall–Kier alpha value is -2.92. The number of hydrogen-bond donors (Lipinski definition) is 1. The molecule has 0 radical (unpaired) electrons. The molecule has 4 rings (SSSR count). The zero-order chi connectivity index (χ0) is 16.4. The van der Waals surface area contributed by atoms with Crippen molar-refractivity contribution in [1.82, 2.24) is 9.97 Å². The Bertz CT molecular complexity index is 965. The van der Waals surface area contributed by atoms with Gasteiger partial charge in [0.05, 0.1) is 10.9 Å². The van der Waals surface area contributed by atoms with E-state index < -0.39 is 0 Å². The average Bonchev–Trinajstić information content (AvgIpc) is 3.00. The van der Waals surface area contributed by atoms with Gasteiger partial charge < -0.3 is 10.1 Å². The van der Waals surface area contributed by atoms with Crippen molar-refractivity contribution in [2.45, 2.75) is 6.92 Å². The minimum atomic E-state index is 0.797. The Morgan fingerprint density at radius 2 is 1.67 bits per heavy atom. The van der Waals surface area contributed by atoms with E-state index in [9.17, 15) is 0 Å². The summed E-state index contributed by atoms with van der Waals surface area (Å²) in [5, 5.41) is 6.48. The van der Waals surface area contributed by atoms with Crippen LogP contribution in [0.15, 0.2) is 66.3 Å². The molecule has 24 heavy (non-hydrogen) atoms. The number of para-hydroxylation sites is 1. The van der Waals surface area contributed by atoms with E-state index in [0.29, 0.717) is 0 Å². The zero-order valence-corrected chi connectivity index (χ0v) is 13.9. The number of anilines is 2. The second-order valence-electron chi connectivity index (χ2n) is 5.34. The molecule has 0 aliphatic carbocycles. The Labute approximate surface area is 143 Å². The molecule has 0 aliphatic heterocycles. The number of nitrogens with zero attached hydrogens (tertiary/aromatic N) is 2. The lowest BCUT2D eigenvalue weighted by atomic mass is 10.2. The standard InChI is InChI=1S/C19H15N3OS/c1-13-18-17(11-24-13)19(21-12-20-18)22-14-7-9-16(10-8-14)23-15-5-3-2-4-6-15/h2-12H,1H3,(H,20,21,22). The minimum absolute atomic E-state index is 0.797. The van der Waals surface area contributed by atoms with Gasteiger partial charge in [-0.25, -0.2) is 9.97 Å². The molecule has 4 nitrogen and oxygen atoms in total. The number of thiophene rings is 1. The second-order valence-corrected chi connectivity index (χ2v) is 6.42. The van der Waals surface area contributed by atoms with E-state index in [-0.39, 0.29) is 0 Å². The van der Waals surface area contributed by atoms with E-state index in [1.165, 1.54) is 4.88 Å². The number of fused-ring (bicyclic) bond motifs is 1. The molecule has 0 saturated heterocycles. The first-order valence-electron chi connectivity index (χ1n) is 7.58. The smallest absolute Gasteiger partial charge is 0.142 e. The highest BCUT2D eigenvalue weighted by molar-refractivity contribution is 7.11. The number of nitrogens with one attached hydrogen (secondary N) is 1. The van der Waals surface area contributed by atoms with E-state index in [1.807, 2.05) is 54.6 Å². The number of ether oxygens (including phenoxy) is 1. The summed E-state index contributed by atoms with van der Waals surface area (Å²) in [6, 6.07) is 17.6. The molecular formula is C19H15N3OS. The number of hydrogen-bond acceptors (Lipinski definition) is 5. The van der Waals surface area contributed by atoms with Crippen molar-refractivity contribution in [3.8, 4) is 11.5 Å². The van der Waals surface area contributed by atoms with Crippen molar-refractivity contribution in [3.05, 3.63) is 71.2 Å². The molecule has 4 aromatic rings. The van der Waals surface area contributed by atoms with Crippen LogP contribution >= 0.6 is 11.3 Å². The first kappa shape index (κ1) is 14.7. The minimum Gasteiger partial charge on any atom is -0.457 e. The fourth-order valence-electron chi connectivity index (χ4n) is 2.46. The SMILES string of the molecule is Cc1scc2c(Nc3ccc(Oc4ccccc4)cc3)ncnc12. The molecule has 2 aromatic heterocycles. The van der Waals surface area contributed by atoms with Gasteiger partial charge in [0.25, 0.3) is 0 Å². The number of aromatic nitrogens is 2. The average molecular weight is 333 g/mol. The summed E-state index contributed by atoms with van der Waals surface area (Å²) in [6.45, 7) is 2.07. The maximum absolute atomic E-state index is 5.81. The molecule has 5 heteroatoms. The van der Waals surface area contributed by atoms with Crippen LogP contribution < -0.4 is 10.1 Å². The molecule has 0 amide bonds. The van der Waals surface area contributed by atoms with Gasteiger partial charge in [-0.3, -0.25) is 0 Å². The van der Waals surface area contributed by atoms with Crippen LogP contribution in [0.1, 0.15) is 4.88 Å². The van der Waals surface area contributed by atoms with Gasteiger partial charge in [-0.2, -0.15) is 0 Å². The molecule has 0 aliphatic rings. The normalized spacial score (nSPS) is 10.7. The summed E-state index contributed by atoms with van der Waals surface area (Å²) in [4.78, 5) is 9.90. The van der Waals surface area contributed by atoms with Gasteiger partial charge in [0, 0.05) is 15.9 Å². The molecule has 118 valence electrons. The van der Waals surface area contributed by atoms with E-state index in [1.54, 1.807) is 17.7 Å². The predicted molar refractivity (Wildman–Crippen MR) is 98.4 cm³/mol. The van der Waals surface area contributed by atoms with Crippen LogP contribution in [0.25, 0.3) is 10.9 Å². The molecule has 0 saturated carbocycles. The van der Waals surface area contributed by atoms with Crippen LogP contribution in [0.3, 0.4) is 0 Å². The highest BCUT2D eigenvalue weighted by Gasteiger charge is 2.08. The van der Waals surface area contributed by atoms with Gasteiger partial charge in [-0.15, -0.1) is 11.3 Å². The van der Waals surface area contributed by atoms with Gasteiger partial charge in [0.2, 0.25) is 0 Å². The maximum Gasteiger partial charge on any atom is 0.142 e. The number of aryl methyl sites for hydroxylation is 1. The summed E-state index contributed by atoms with van der Waals surface area (Å²) in [6.07, 6.45) is 1.59. The Kier molecular flexibility index (Phi) is 3.84. The molecule has 2 aromatic carbocycles. The Morgan fingerprint density at radius 3 is 2.46 bits per heavy atom. The van der Waals surface area contributed by atoms with Crippen molar-refractivity contribution in [2.75, 3.05) is 5.32 Å². The summed E-state index contributed by atoms with van der Waals surface area (Å²) in [5.74, 6) is 2.44. The topological polar surface area (TPSA) is 47.0 Å². The molecule has 2 heterocycles. The fraction of sp³-hybridized carbons (Fsp3) is 0.0526. The van der Waals surface area contributed by atoms with Crippen LogP contribution in [0.5, 0.6) is 11.5 Å². The van der Waals surface area contributed by atoms with Gasteiger partial charge in [-0.05, 0) is 43.3 Å². The van der Waals surface area contributed by atoms with Gasteiger partial charge in [-0.1, -0.05) is 18.2 Å². The van der Waals surface area contributed by atoms with Crippen molar-refractivity contribution in [2.24, 2.45) is 0 Å². The van der Waals surface area contributed by atoms with E-state index >= 15 is 0 Å². The lowest BCUT2D eigenvalue weighted by Gasteiger charge is -2.09. The van der Waals surface area contributed by atoms with Gasteiger partial charge in [0.1, 0.15) is 23.6 Å². The number of rotatable bonds is 4. The largest absolute Gasteiger partial charge is 0.457 e. The third kappa shape index (κ3) is 2.94. The first-order valence-corrected chi connectivity index (χ1v) is 8.46. The van der Waals surface area contributed by atoms with Gasteiger partial charge in [0.15, 0.2) is 0 Å². The summed E-state index contributed by atoms with van der Waals surface area (Å²) in [5.41, 5.74) is 1.96. The fourth-order valence-corrected chi connectivity index (χ4v) is 3.25. The maximum atomic E-state index is 5.81. The van der Waals surface area contributed by atoms with Crippen molar-refractivity contribution in [3.63, 3.8) is 0 Å². The highest BCUT2D eigenvalue weighted by Crippen LogP contribution is 2.30. The lowest BCUT2D eigenvalue weighted by Crippen LogP contribution is -1.95. The Balaban J connectivity index is 1.55. The van der Waals surface area contributed by atoms with Gasteiger partial charge >= 0.3 is 0 Å². The molecule has 0 atom stereocenters. The van der Waals surface area contributed by atoms with Crippen LogP contribution in [0.4, 0.5) is 11.5 Å². The first-order chi connectivity index (χ1) is 11.8. The predicted octanol–water partition coefficient (Wildman–Crippen LogP) is 5.54.